The second-order valence-electron chi connectivity index (χ2n) is 15.0. The molecule has 9 atom stereocenters. The van der Waals surface area contributed by atoms with Crippen LogP contribution in [-0.4, -0.2) is 79.4 Å². The third-order valence-corrected chi connectivity index (χ3v) is 11.2. The molecule has 2 bridgehead atoms. The molecule has 0 radical (unpaired) electrons. The number of fused-ring (bicyclic) bond motifs is 3. The van der Waals surface area contributed by atoms with Gasteiger partial charge in [0.2, 0.25) is 0 Å². The molecule has 0 unspecified atom stereocenters. The van der Waals surface area contributed by atoms with Crippen LogP contribution in [-0.2, 0) is 47.7 Å². The summed E-state index contributed by atoms with van der Waals surface area (Å²) in [6, 6.07) is 9.43. The Morgan fingerprint density at radius 2 is 1.38 bits per heavy atom. The van der Waals surface area contributed by atoms with Gasteiger partial charge in [0.05, 0.1) is 11.8 Å². The Balaban J connectivity index is 1.86. The molecule has 3 aliphatic rings. The molecule has 0 saturated heterocycles. The molecule has 274 valence electrons. The van der Waals surface area contributed by atoms with Gasteiger partial charge in [0, 0.05) is 40.2 Å². The van der Waals surface area contributed by atoms with Crippen LogP contribution >= 0.6 is 0 Å². The summed E-state index contributed by atoms with van der Waals surface area (Å²) in [5.74, 6) is -3.40. The lowest BCUT2D eigenvalue weighted by molar-refractivity contribution is -0.212. The minimum Gasteiger partial charge on any atom is -0.462 e. The van der Waals surface area contributed by atoms with E-state index in [1.165, 1.54) is 27.7 Å². The second-order valence-corrected chi connectivity index (χ2v) is 15.0. The molecule has 4 rings (SSSR count). The Labute approximate surface area is 295 Å². The summed E-state index contributed by atoms with van der Waals surface area (Å²) >= 11 is 0. The zero-order valence-electron chi connectivity index (χ0n) is 31.1. The first-order chi connectivity index (χ1) is 23.3. The maximum Gasteiger partial charge on any atom is 0.308 e. The van der Waals surface area contributed by atoms with Crippen molar-refractivity contribution in [1.29, 1.82) is 0 Å². The first-order valence-electron chi connectivity index (χ1n) is 17.3. The summed E-state index contributed by atoms with van der Waals surface area (Å²) < 4.78 is 30.4. The molecule has 0 aliphatic heterocycles. The van der Waals surface area contributed by atoms with Crippen LogP contribution < -0.4 is 0 Å². The quantitative estimate of drug-likeness (QED) is 0.180. The van der Waals surface area contributed by atoms with Crippen molar-refractivity contribution in [3.63, 3.8) is 0 Å². The number of benzene rings is 1. The van der Waals surface area contributed by atoms with Crippen molar-refractivity contribution in [2.75, 3.05) is 14.1 Å². The average Bonchev–Trinajstić information content (AvgIpc) is 3.00. The summed E-state index contributed by atoms with van der Waals surface area (Å²) in [5.41, 5.74) is 1.14. The van der Waals surface area contributed by atoms with Gasteiger partial charge in [-0.2, -0.15) is 0 Å². The molecule has 50 heavy (non-hydrogen) atoms. The molecule has 11 heteroatoms. The number of ether oxygens (including phenoxy) is 5. The molecule has 1 aromatic carbocycles. The summed E-state index contributed by atoms with van der Waals surface area (Å²) in [6.07, 6.45) is -3.60. The van der Waals surface area contributed by atoms with Gasteiger partial charge in [-0.1, -0.05) is 57.7 Å². The molecule has 0 heterocycles. The number of nitrogens with zero attached hydrogens (tertiary/aromatic N) is 1. The Kier molecular flexibility index (Phi) is 11.7. The normalized spacial score (nSPS) is 30.9. The van der Waals surface area contributed by atoms with Crippen molar-refractivity contribution in [2.24, 2.45) is 22.7 Å². The molecular formula is C39H53NO10. The number of rotatable bonds is 9. The van der Waals surface area contributed by atoms with Gasteiger partial charge in [0.25, 0.3) is 0 Å². The smallest absolute Gasteiger partial charge is 0.308 e. The zero-order chi connectivity index (χ0) is 37.3. The fraction of sp³-hybridized carbons (Fsp3) is 0.615. The topological polar surface area (TPSA) is 135 Å². The monoisotopic (exact) mass is 695 g/mol. The predicted octanol–water partition coefficient (Wildman–Crippen LogP) is 5.67. The molecular weight excluding hydrogens is 642 g/mol. The molecule has 0 spiro atoms. The molecule has 3 aliphatic carbocycles. The number of carbonyl (C=O) groups is 5. The lowest BCUT2D eigenvalue weighted by Gasteiger charge is -2.59. The van der Waals surface area contributed by atoms with E-state index in [-0.39, 0.29) is 24.8 Å². The third kappa shape index (κ3) is 7.82. The van der Waals surface area contributed by atoms with Crippen molar-refractivity contribution in [3.05, 3.63) is 59.2 Å². The highest BCUT2D eigenvalue weighted by Gasteiger charge is 2.64. The van der Waals surface area contributed by atoms with Crippen LogP contribution in [0.2, 0.25) is 0 Å². The van der Waals surface area contributed by atoms with E-state index in [2.05, 4.69) is 6.58 Å². The van der Waals surface area contributed by atoms with Gasteiger partial charge in [-0.25, -0.2) is 0 Å². The van der Waals surface area contributed by atoms with E-state index in [0.717, 1.165) is 5.56 Å². The van der Waals surface area contributed by atoms with E-state index >= 15 is 0 Å². The number of hydrogen-bond donors (Lipinski definition) is 0. The van der Waals surface area contributed by atoms with Crippen LogP contribution in [0.25, 0.3) is 0 Å². The summed E-state index contributed by atoms with van der Waals surface area (Å²) in [4.78, 5) is 66.5. The van der Waals surface area contributed by atoms with E-state index < -0.39 is 77.1 Å². The van der Waals surface area contributed by atoms with Crippen LogP contribution in [0.3, 0.4) is 0 Å². The van der Waals surface area contributed by atoms with Crippen molar-refractivity contribution in [1.82, 2.24) is 4.90 Å². The number of carbonyl (C=O) groups excluding carboxylic acids is 5. The van der Waals surface area contributed by atoms with E-state index in [4.69, 9.17) is 23.7 Å². The minimum absolute atomic E-state index is 0.0574. The summed E-state index contributed by atoms with van der Waals surface area (Å²) in [5, 5.41) is 0. The van der Waals surface area contributed by atoms with Crippen molar-refractivity contribution in [3.8, 4) is 0 Å². The second kappa shape index (κ2) is 15.1. The average molecular weight is 696 g/mol. The molecule has 1 aromatic rings. The highest BCUT2D eigenvalue weighted by atomic mass is 16.6. The van der Waals surface area contributed by atoms with Crippen LogP contribution in [0, 0.1) is 22.7 Å². The SMILES string of the molecule is C=C1[C@@H](OC(=O)C[C@H](c2ccccc2)N(C)C)C[C@H](OC(C)=O)[C@@]2(C)[C@@H]1C[C@H]1C[C@H](OC(C)=O)C(C)=C([C@@H](OC(C)=O)[C@@H]2OC(C)=O)C1(C)C. The van der Waals surface area contributed by atoms with Gasteiger partial charge in [-0.15, -0.1) is 0 Å². The molecule has 0 aromatic heterocycles. The minimum atomic E-state index is -1.18. The highest BCUT2D eigenvalue weighted by molar-refractivity contribution is 5.71. The summed E-state index contributed by atoms with van der Waals surface area (Å²) in [6.45, 7) is 17.5. The van der Waals surface area contributed by atoms with E-state index in [9.17, 15) is 24.0 Å². The van der Waals surface area contributed by atoms with E-state index in [1.807, 2.05) is 77.0 Å². The maximum absolute atomic E-state index is 13.7. The van der Waals surface area contributed by atoms with Gasteiger partial charge in [0.15, 0.2) is 12.2 Å². The molecule has 0 N–H and O–H groups in total. The Morgan fingerprint density at radius 1 is 0.800 bits per heavy atom. The van der Waals surface area contributed by atoms with Gasteiger partial charge < -0.3 is 28.6 Å². The fourth-order valence-electron chi connectivity index (χ4n) is 8.75. The fourth-order valence-corrected chi connectivity index (χ4v) is 8.75. The number of hydrogen-bond acceptors (Lipinski definition) is 11. The first kappa shape index (κ1) is 38.8. The van der Waals surface area contributed by atoms with Crippen molar-refractivity contribution in [2.45, 2.75) is 118 Å². The van der Waals surface area contributed by atoms with Crippen LogP contribution in [0.1, 0.15) is 92.7 Å². The Morgan fingerprint density at radius 3 is 1.92 bits per heavy atom. The van der Waals surface area contributed by atoms with Crippen LogP contribution in [0.4, 0.5) is 0 Å². The zero-order valence-corrected chi connectivity index (χ0v) is 31.1. The highest BCUT2D eigenvalue weighted by Crippen LogP contribution is 2.61. The van der Waals surface area contributed by atoms with Gasteiger partial charge in [-0.05, 0) is 73.4 Å². The molecule has 2 fully saturated rings. The maximum atomic E-state index is 13.7. The first-order valence-corrected chi connectivity index (χ1v) is 17.3. The largest absolute Gasteiger partial charge is 0.462 e. The summed E-state index contributed by atoms with van der Waals surface area (Å²) in [7, 11) is 3.80. The standard InChI is InChI=1S/C39H53NO10/c1-21-29-17-28-18-31(46-23(3)41)22(2)35(38(28,7)8)36(48-25(5)43)37(49-26(6)44)39(29,9)33(47-24(4)42)20-32(21)50-34(45)19-30(40(10)11)27-15-13-12-14-16-27/h12-16,28-33,36-37H,1,17-20H2,2-11H3/t28-,29+,30+,31-,32-,33-,36+,37-,39+/m0/s1. The van der Waals surface area contributed by atoms with Crippen LogP contribution in [0.5, 0.6) is 0 Å². The van der Waals surface area contributed by atoms with Crippen molar-refractivity contribution < 1.29 is 47.7 Å². The lowest BCUT2D eigenvalue weighted by Crippen LogP contribution is -2.64. The lowest BCUT2D eigenvalue weighted by atomic mass is 9.49. The molecule has 2 saturated carbocycles. The van der Waals surface area contributed by atoms with E-state index in [0.29, 0.717) is 29.6 Å². The number of esters is 5. The third-order valence-electron chi connectivity index (χ3n) is 11.2. The molecule has 11 nitrogen and oxygen atoms in total. The Hall–Kier alpha value is -3.99. The Bertz CT molecular complexity index is 1530. The van der Waals surface area contributed by atoms with Gasteiger partial charge >= 0.3 is 29.8 Å². The predicted molar refractivity (Wildman–Crippen MR) is 184 cm³/mol. The van der Waals surface area contributed by atoms with E-state index in [1.54, 1.807) is 0 Å². The van der Waals surface area contributed by atoms with Crippen molar-refractivity contribution >= 4 is 29.8 Å². The molecule has 0 amide bonds. The van der Waals surface area contributed by atoms with Gasteiger partial charge in [-0.3, -0.25) is 24.0 Å². The van der Waals surface area contributed by atoms with Gasteiger partial charge in [0.1, 0.15) is 18.3 Å². The van der Waals surface area contributed by atoms with Crippen LogP contribution in [0.15, 0.2) is 53.6 Å².